The third kappa shape index (κ3) is 8.07. The summed E-state index contributed by atoms with van der Waals surface area (Å²) < 4.78 is 0.785. The number of hydrazone groups is 1. The third-order valence-electron chi connectivity index (χ3n) is 2.79. The predicted molar refractivity (Wildman–Crippen MR) is 116 cm³/mol. The van der Waals surface area contributed by atoms with Crippen LogP contribution in [0, 0.1) is 0 Å². The maximum Gasteiger partial charge on any atom is 0.234 e. The number of nitrogens with zero attached hydrogens (tertiary/aromatic N) is 3. The van der Waals surface area contributed by atoms with E-state index in [4.69, 9.17) is 5.73 Å². The van der Waals surface area contributed by atoms with Crippen LogP contribution in [0.3, 0.4) is 0 Å². The molecule has 1 rings (SSSR count). The van der Waals surface area contributed by atoms with E-state index in [-0.39, 0.29) is 5.96 Å². The Morgan fingerprint density at radius 1 is 1.43 bits per heavy atom. The highest BCUT2D eigenvalue weighted by Gasteiger charge is 2.06. The zero-order valence-corrected chi connectivity index (χ0v) is 18.1. The van der Waals surface area contributed by atoms with Crippen molar-refractivity contribution in [1.82, 2.24) is 5.43 Å². The SMILES string of the molecule is CC(=C\C=C\Br)/C(I)=N/NC(N)=N/N=C(\C)C1=CCC(Br)C=C1. The number of guanidine groups is 1. The lowest BCUT2D eigenvalue weighted by atomic mass is 10.0. The van der Waals surface area contributed by atoms with Crippen LogP contribution >= 0.6 is 54.5 Å². The van der Waals surface area contributed by atoms with Gasteiger partial charge in [-0.15, -0.1) is 5.10 Å². The second-order valence-corrected chi connectivity index (χ2v) is 7.35. The van der Waals surface area contributed by atoms with E-state index in [0.29, 0.717) is 4.83 Å². The van der Waals surface area contributed by atoms with E-state index in [9.17, 15) is 0 Å². The van der Waals surface area contributed by atoms with Crippen molar-refractivity contribution < 1.29 is 0 Å². The summed E-state index contributed by atoms with van der Waals surface area (Å²) in [6.45, 7) is 3.85. The highest BCUT2D eigenvalue weighted by atomic mass is 127. The molecule has 1 atom stereocenters. The molecule has 0 radical (unpaired) electrons. The van der Waals surface area contributed by atoms with Gasteiger partial charge in [0.05, 0.1) is 5.71 Å². The number of nitrogens with one attached hydrogen (secondary N) is 1. The second kappa shape index (κ2) is 10.9. The predicted octanol–water partition coefficient (Wildman–Crippen LogP) is 4.52. The molecule has 1 unspecified atom stereocenters. The van der Waals surface area contributed by atoms with E-state index in [1.807, 2.05) is 32.1 Å². The maximum absolute atomic E-state index is 5.76. The lowest BCUT2D eigenvalue weighted by Gasteiger charge is -2.09. The summed E-state index contributed by atoms with van der Waals surface area (Å²) in [6.07, 6.45) is 11.0. The van der Waals surface area contributed by atoms with Gasteiger partial charge in [-0.05, 0) is 59.0 Å². The number of rotatable bonds is 5. The third-order valence-corrected chi connectivity index (χ3v) is 4.86. The molecule has 23 heavy (non-hydrogen) atoms. The maximum atomic E-state index is 5.76. The van der Waals surface area contributed by atoms with Gasteiger partial charge in [0, 0.05) is 4.83 Å². The molecule has 8 heteroatoms. The van der Waals surface area contributed by atoms with Gasteiger partial charge in [-0.25, -0.2) is 5.43 Å². The van der Waals surface area contributed by atoms with Gasteiger partial charge in [0.1, 0.15) is 3.72 Å². The molecule has 0 spiro atoms. The van der Waals surface area contributed by atoms with Gasteiger partial charge in [0.15, 0.2) is 0 Å². The molecule has 0 saturated carbocycles. The van der Waals surface area contributed by atoms with E-state index >= 15 is 0 Å². The number of alkyl halides is 1. The second-order valence-electron chi connectivity index (χ2n) is 4.62. The highest BCUT2D eigenvalue weighted by molar-refractivity contribution is 14.1. The van der Waals surface area contributed by atoms with Crippen LogP contribution in [0.4, 0.5) is 0 Å². The first kappa shape index (κ1) is 20.3. The van der Waals surface area contributed by atoms with Crippen LogP contribution in [-0.2, 0) is 0 Å². The average Bonchev–Trinajstić information content (AvgIpc) is 2.55. The summed E-state index contributed by atoms with van der Waals surface area (Å²) in [5.41, 5.74) is 11.3. The Kier molecular flexibility index (Phi) is 9.65. The van der Waals surface area contributed by atoms with Crippen LogP contribution in [0.25, 0.3) is 0 Å². The van der Waals surface area contributed by atoms with Gasteiger partial charge in [-0.3, -0.25) is 0 Å². The minimum atomic E-state index is 0.140. The molecule has 5 nitrogen and oxygen atoms in total. The molecule has 0 aromatic carbocycles. The summed E-state index contributed by atoms with van der Waals surface area (Å²) in [5.74, 6) is 0.140. The van der Waals surface area contributed by atoms with Crippen molar-refractivity contribution in [3.63, 3.8) is 0 Å². The lowest BCUT2D eigenvalue weighted by molar-refractivity contribution is 0.990. The summed E-state index contributed by atoms with van der Waals surface area (Å²) >= 11 is 8.86. The molecule has 1 aliphatic rings. The molecular formula is C15H18Br2IN5. The molecule has 0 saturated heterocycles. The van der Waals surface area contributed by atoms with Crippen molar-refractivity contribution >= 4 is 69.8 Å². The summed E-state index contributed by atoms with van der Waals surface area (Å²) in [4.78, 5) is 2.16. The average molecular weight is 555 g/mol. The molecule has 0 aromatic rings. The molecule has 0 aromatic heterocycles. The summed E-state index contributed by atoms with van der Waals surface area (Å²) in [7, 11) is 0. The minimum Gasteiger partial charge on any atom is -0.367 e. The summed E-state index contributed by atoms with van der Waals surface area (Å²) in [6, 6.07) is 0. The normalized spacial score (nSPS) is 20.9. The number of hydrogen-bond acceptors (Lipinski definition) is 3. The Morgan fingerprint density at radius 3 is 2.78 bits per heavy atom. The smallest absolute Gasteiger partial charge is 0.234 e. The fourth-order valence-corrected chi connectivity index (χ4v) is 2.31. The number of hydrogen-bond donors (Lipinski definition) is 2. The van der Waals surface area contributed by atoms with Crippen LogP contribution in [-0.4, -0.2) is 20.2 Å². The topological polar surface area (TPSA) is 75.1 Å². The first-order chi connectivity index (χ1) is 10.9. The Bertz CT molecular complexity index is 630. The van der Waals surface area contributed by atoms with Crippen molar-refractivity contribution in [3.8, 4) is 0 Å². The van der Waals surface area contributed by atoms with Crippen molar-refractivity contribution in [1.29, 1.82) is 0 Å². The molecule has 3 N–H and O–H groups in total. The lowest BCUT2D eigenvalue weighted by Crippen LogP contribution is -2.27. The van der Waals surface area contributed by atoms with E-state index in [1.54, 1.807) is 4.99 Å². The zero-order chi connectivity index (χ0) is 17.2. The Hall–Kier alpha value is -0.740. The molecular weight excluding hydrogens is 537 g/mol. The molecule has 1 aliphatic carbocycles. The van der Waals surface area contributed by atoms with Crippen LogP contribution in [0.15, 0.2) is 61.8 Å². The molecule has 0 aliphatic heterocycles. The van der Waals surface area contributed by atoms with Crippen LogP contribution in [0.5, 0.6) is 0 Å². The van der Waals surface area contributed by atoms with Crippen molar-refractivity contribution in [2.45, 2.75) is 25.1 Å². The van der Waals surface area contributed by atoms with Crippen LogP contribution < -0.4 is 11.2 Å². The first-order valence-corrected chi connectivity index (χ1v) is 9.68. The number of halogens is 3. The van der Waals surface area contributed by atoms with Gasteiger partial charge in [0.25, 0.3) is 0 Å². The Labute approximate surface area is 167 Å². The van der Waals surface area contributed by atoms with Crippen LogP contribution in [0.1, 0.15) is 20.3 Å². The van der Waals surface area contributed by atoms with Crippen LogP contribution in [0.2, 0.25) is 0 Å². The first-order valence-electron chi connectivity index (χ1n) is 6.77. The highest BCUT2D eigenvalue weighted by Crippen LogP contribution is 2.17. The quantitative estimate of drug-likeness (QED) is 0.131. The zero-order valence-electron chi connectivity index (χ0n) is 12.8. The Morgan fingerprint density at radius 2 is 2.17 bits per heavy atom. The van der Waals surface area contributed by atoms with Gasteiger partial charge in [-0.1, -0.05) is 62.2 Å². The van der Waals surface area contributed by atoms with Crippen molar-refractivity contribution in [2.24, 2.45) is 21.0 Å². The molecule has 124 valence electrons. The van der Waals surface area contributed by atoms with Gasteiger partial charge >= 0.3 is 0 Å². The van der Waals surface area contributed by atoms with E-state index < -0.39 is 0 Å². The van der Waals surface area contributed by atoms with Gasteiger partial charge in [-0.2, -0.15) is 10.2 Å². The molecule has 0 heterocycles. The molecule has 0 bridgehead atoms. The number of nitrogens with two attached hydrogens (primary N) is 1. The van der Waals surface area contributed by atoms with E-state index in [0.717, 1.165) is 27.0 Å². The van der Waals surface area contributed by atoms with Gasteiger partial charge < -0.3 is 5.73 Å². The number of allylic oxidation sites excluding steroid dienone is 7. The monoisotopic (exact) mass is 553 g/mol. The molecule has 0 fully saturated rings. The summed E-state index contributed by atoms with van der Waals surface area (Å²) in [5, 5.41) is 12.2. The fraction of sp³-hybridized carbons (Fsp3) is 0.267. The Balaban J connectivity index is 2.67. The minimum absolute atomic E-state index is 0.140. The fourth-order valence-electron chi connectivity index (χ4n) is 1.52. The molecule has 0 amide bonds. The van der Waals surface area contributed by atoms with Crippen molar-refractivity contribution in [3.05, 3.63) is 46.5 Å². The van der Waals surface area contributed by atoms with E-state index in [2.05, 4.69) is 87.3 Å². The van der Waals surface area contributed by atoms with E-state index in [1.165, 1.54) is 0 Å². The standard InChI is InChI=1S/C15H18Br2IN5/c1-10(4-3-9-16)14(18)21-23-15(19)22-20-11(2)12-5-7-13(17)8-6-12/h3-7,9,13H,8H2,1-2H3,(H3,19,22,23)/b9-3+,10-4+,20-11+,21-14-. The largest absolute Gasteiger partial charge is 0.367 e. The van der Waals surface area contributed by atoms with Crippen molar-refractivity contribution in [2.75, 3.05) is 0 Å². The van der Waals surface area contributed by atoms with Gasteiger partial charge in [0.2, 0.25) is 5.96 Å².